The fourth-order valence-electron chi connectivity index (χ4n) is 4.08. The minimum absolute atomic E-state index is 0.0809. The van der Waals surface area contributed by atoms with Gasteiger partial charge in [-0.25, -0.2) is 4.79 Å². The average molecular weight is 561 g/mol. The van der Waals surface area contributed by atoms with Crippen LogP contribution in [0.2, 0.25) is 0 Å². The summed E-state index contributed by atoms with van der Waals surface area (Å²) in [5.74, 6) is -2.55. The molecule has 0 unspecified atom stereocenters. The summed E-state index contributed by atoms with van der Waals surface area (Å²) in [5, 5.41) is 27.2. The van der Waals surface area contributed by atoms with Crippen molar-refractivity contribution in [3.05, 3.63) is 64.7 Å². The lowest BCUT2D eigenvalue weighted by Crippen LogP contribution is -2.58. The quantitative estimate of drug-likeness (QED) is 0.271. The fraction of sp³-hybridized carbons (Fsp3) is 0.385. The van der Waals surface area contributed by atoms with Crippen LogP contribution in [-0.4, -0.2) is 69.6 Å². The van der Waals surface area contributed by atoms with E-state index in [9.17, 15) is 29.4 Å². The second-order valence-corrected chi connectivity index (χ2v) is 11.7. The number of benzene rings is 2. The van der Waals surface area contributed by atoms with Crippen LogP contribution in [0, 0.1) is 13.8 Å². The Hall–Kier alpha value is -3.22. The highest BCUT2D eigenvalue weighted by Gasteiger charge is 2.32. The van der Waals surface area contributed by atoms with Gasteiger partial charge < -0.3 is 31.9 Å². The lowest BCUT2D eigenvalue weighted by molar-refractivity contribution is -0.141. The number of phenolic OH excluding ortho intramolecular Hbond substituents is 1. The van der Waals surface area contributed by atoms with Gasteiger partial charge >= 0.3 is 5.97 Å². The van der Waals surface area contributed by atoms with Crippen LogP contribution < -0.4 is 21.7 Å². The number of rotatable bonds is 7. The zero-order valence-corrected chi connectivity index (χ0v) is 22.7. The molecule has 10 nitrogen and oxygen atoms in total. The number of aromatic hydroxyl groups is 1. The van der Waals surface area contributed by atoms with E-state index < -0.39 is 47.9 Å². The van der Waals surface area contributed by atoms with E-state index in [0.29, 0.717) is 0 Å². The molecule has 3 rings (SSSR count). The van der Waals surface area contributed by atoms with Crippen molar-refractivity contribution in [3.63, 3.8) is 0 Å². The van der Waals surface area contributed by atoms with Gasteiger partial charge in [0.25, 0.3) is 0 Å². The van der Waals surface area contributed by atoms with Gasteiger partial charge in [-0.15, -0.1) is 0 Å². The average Bonchev–Trinajstić information content (AvgIpc) is 2.88. The van der Waals surface area contributed by atoms with Crippen LogP contribution in [0.4, 0.5) is 0 Å². The maximum absolute atomic E-state index is 13.3. The SMILES string of the molecule is Cc1cc(O)cc(C)c1C[C@H](N)C(=O)N[C@@H]1CSSC[C@@H](C(=O)O)NC(=O)[C@H](Cc2ccccc2)NC1=O. The lowest BCUT2D eigenvalue weighted by Gasteiger charge is -2.24. The van der Waals surface area contributed by atoms with Crippen LogP contribution in [0.15, 0.2) is 42.5 Å². The van der Waals surface area contributed by atoms with Crippen molar-refractivity contribution in [2.24, 2.45) is 5.73 Å². The predicted molar refractivity (Wildman–Crippen MR) is 148 cm³/mol. The fourth-order valence-corrected chi connectivity index (χ4v) is 6.40. The largest absolute Gasteiger partial charge is 0.508 e. The molecule has 1 aliphatic rings. The summed E-state index contributed by atoms with van der Waals surface area (Å²) in [4.78, 5) is 50.9. The number of nitrogens with two attached hydrogens (primary N) is 1. The number of amides is 3. The number of hydrogen-bond acceptors (Lipinski definition) is 8. The van der Waals surface area contributed by atoms with E-state index in [1.54, 1.807) is 36.4 Å². The lowest BCUT2D eigenvalue weighted by atomic mass is 9.96. The highest BCUT2D eigenvalue weighted by atomic mass is 33.1. The Bertz CT molecular complexity index is 1160. The Morgan fingerprint density at radius 2 is 1.68 bits per heavy atom. The highest BCUT2D eigenvalue weighted by molar-refractivity contribution is 8.76. The summed E-state index contributed by atoms with van der Waals surface area (Å²) >= 11 is 0. The van der Waals surface area contributed by atoms with E-state index in [1.165, 1.54) is 21.6 Å². The van der Waals surface area contributed by atoms with Gasteiger partial charge in [-0.2, -0.15) is 0 Å². The summed E-state index contributed by atoms with van der Waals surface area (Å²) in [6.07, 6.45) is 0.351. The van der Waals surface area contributed by atoms with Crippen LogP contribution in [0.25, 0.3) is 0 Å². The molecule has 0 aromatic heterocycles. The van der Waals surface area contributed by atoms with Crippen LogP contribution in [0.1, 0.15) is 22.3 Å². The molecule has 1 heterocycles. The van der Waals surface area contributed by atoms with Gasteiger partial charge in [0.05, 0.1) is 6.04 Å². The van der Waals surface area contributed by atoms with Gasteiger partial charge in [0.2, 0.25) is 17.7 Å². The van der Waals surface area contributed by atoms with E-state index in [0.717, 1.165) is 22.3 Å². The van der Waals surface area contributed by atoms with Crippen LogP contribution in [0.3, 0.4) is 0 Å². The molecule has 0 bridgehead atoms. The van der Waals surface area contributed by atoms with Crippen molar-refractivity contribution in [2.75, 3.05) is 11.5 Å². The zero-order chi connectivity index (χ0) is 27.8. The van der Waals surface area contributed by atoms with Crippen LogP contribution >= 0.6 is 21.6 Å². The van der Waals surface area contributed by atoms with Gasteiger partial charge in [-0.1, -0.05) is 51.9 Å². The molecule has 7 N–H and O–H groups in total. The molecule has 3 amide bonds. The second kappa shape index (κ2) is 13.5. The molecule has 1 fully saturated rings. The summed E-state index contributed by atoms with van der Waals surface area (Å²) in [6, 6.07) is 8.09. The van der Waals surface area contributed by atoms with Gasteiger partial charge in [0, 0.05) is 17.9 Å². The number of carbonyl (C=O) groups excluding carboxylic acids is 3. The normalized spacial score (nSPS) is 21.4. The number of aryl methyl sites for hydroxylation is 2. The second-order valence-electron chi connectivity index (χ2n) is 9.15. The molecule has 1 saturated heterocycles. The summed E-state index contributed by atoms with van der Waals surface area (Å²) in [7, 11) is 2.41. The number of phenols is 1. The number of carboxylic acids is 1. The number of hydrogen-bond donors (Lipinski definition) is 6. The van der Waals surface area contributed by atoms with Crippen molar-refractivity contribution in [1.29, 1.82) is 0 Å². The predicted octanol–water partition coefficient (Wildman–Crippen LogP) is 1.06. The molecule has 1 aliphatic heterocycles. The minimum Gasteiger partial charge on any atom is -0.508 e. The number of aliphatic carboxylic acids is 1. The Labute approximate surface area is 228 Å². The first-order chi connectivity index (χ1) is 18.0. The van der Waals surface area contributed by atoms with Crippen molar-refractivity contribution in [2.45, 2.75) is 50.9 Å². The molecule has 0 aliphatic carbocycles. The van der Waals surface area contributed by atoms with E-state index in [4.69, 9.17) is 5.73 Å². The van der Waals surface area contributed by atoms with E-state index in [1.807, 2.05) is 19.9 Å². The number of carboxylic acid groups (broad SMARTS) is 1. The maximum atomic E-state index is 13.3. The molecule has 0 spiro atoms. The Morgan fingerprint density at radius 1 is 1.05 bits per heavy atom. The molecular weight excluding hydrogens is 528 g/mol. The van der Waals surface area contributed by atoms with Crippen molar-refractivity contribution >= 4 is 45.3 Å². The Kier molecular flexibility index (Phi) is 10.5. The summed E-state index contributed by atoms with van der Waals surface area (Å²) in [5.41, 5.74) is 9.41. The third-order valence-electron chi connectivity index (χ3n) is 6.16. The highest BCUT2D eigenvalue weighted by Crippen LogP contribution is 2.24. The van der Waals surface area contributed by atoms with Crippen molar-refractivity contribution in [1.82, 2.24) is 16.0 Å². The van der Waals surface area contributed by atoms with E-state index >= 15 is 0 Å². The first-order valence-corrected chi connectivity index (χ1v) is 14.5. The Balaban J connectivity index is 1.77. The molecular formula is C26H32N4O6S2. The van der Waals surface area contributed by atoms with Crippen LogP contribution in [-0.2, 0) is 32.0 Å². The Morgan fingerprint density at radius 3 is 2.32 bits per heavy atom. The first-order valence-electron chi connectivity index (χ1n) is 12.0. The molecule has 0 saturated carbocycles. The maximum Gasteiger partial charge on any atom is 0.327 e. The zero-order valence-electron chi connectivity index (χ0n) is 21.1. The van der Waals surface area contributed by atoms with Gasteiger partial charge in [0.1, 0.15) is 23.9 Å². The van der Waals surface area contributed by atoms with Crippen molar-refractivity contribution in [3.8, 4) is 5.75 Å². The smallest absolute Gasteiger partial charge is 0.327 e. The molecule has 4 atom stereocenters. The standard InChI is InChI=1S/C26H32N4O6S2/c1-14-8-17(31)9-15(2)18(14)11-19(27)23(32)29-21-12-37-38-13-22(26(35)36)30-24(33)20(28-25(21)34)10-16-6-4-3-5-7-16/h3-9,19-22,31H,10-13,27H2,1-2H3,(H,28,34)(H,29,32)(H,30,33)(H,35,36)/t19-,20-,21+,22-/m0/s1. The molecule has 12 heteroatoms. The molecule has 204 valence electrons. The molecule has 2 aromatic carbocycles. The minimum atomic E-state index is -1.17. The monoisotopic (exact) mass is 560 g/mol. The van der Waals surface area contributed by atoms with Gasteiger partial charge in [-0.05, 0) is 54.7 Å². The third-order valence-corrected chi connectivity index (χ3v) is 8.58. The summed E-state index contributed by atoms with van der Waals surface area (Å²) < 4.78 is 0. The molecule has 0 radical (unpaired) electrons. The number of nitrogens with one attached hydrogen (secondary N) is 3. The van der Waals surface area contributed by atoms with E-state index in [2.05, 4.69) is 16.0 Å². The number of carbonyl (C=O) groups is 4. The molecule has 2 aromatic rings. The third kappa shape index (κ3) is 8.14. The van der Waals surface area contributed by atoms with Gasteiger partial charge in [-0.3, -0.25) is 14.4 Å². The molecule has 38 heavy (non-hydrogen) atoms. The topological polar surface area (TPSA) is 171 Å². The summed E-state index contributed by atoms with van der Waals surface area (Å²) in [6.45, 7) is 3.64. The van der Waals surface area contributed by atoms with Crippen molar-refractivity contribution < 1.29 is 29.4 Å². The first kappa shape index (κ1) is 29.3. The van der Waals surface area contributed by atoms with Crippen LogP contribution in [0.5, 0.6) is 5.75 Å². The van der Waals surface area contributed by atoms with Gasteiger partial charge in [0.15, 0.2) is 0 Å². The van der Waals surface area contributed by atoms with E-state index in [-0.39, 0.29) is 30.1 Å².